The average Bonchev–Trinajstić information content (AvgIpc) is 2.49. The van der Waals surface area contributed by atoms with E-state index in [1.807, 2.05) is 48.7 Å². The lowest BCUT2D eigenvalue weighted by atomic mass is 10.2. The number of amides is 1. The Labute approximate surface area is 142 Å². The minimum atomic E-state index is 0.0327. The van der Waals surface area contributed by atoms with Crippen molar-refractivity contribution in [2.24, 2.45) is 0 Å². The van der Waals surface area contributed by atoms with Crippen LogP contribution in [-0.4, -0.2) is 17.9 Å². The first kappa shape index (κ1) is 16.5. The van der Waals surface area contributed by atoms with Crippen molar-refractivity contribution in [2.45, 2.75) is 10.6 Å². The highest BCUT2D eigenvalue weighted by molar-refractivity contribution is 9.10. The van der Waals surface area contributed by atoms with E-state index in [4.69, 9.17) is 0 Å². The Morgan fingerprint density at radius 2 is 2.00 bits per heavy atom. The van der Waals surface area contributed by atoms with Crippen LogP contribution in [0.15, 0.2) is 57.9 Å². The monoisotopic (exact) mass is 381 g/mol. The number of carbonyl (C=O) groups excluding carboxylic acids is 1. The zero-order chi connectivity index (χ0) is 15.1. The van der Waals surface area contributed by atoms with Crippen molar-refractivity contribution in [1.29, 1.82) is 0 Å². The minimum Gasteiger partial charge on any atom is -0.325 e. The third-order valence-electron chi connectivity index (χ3n) is 2.80. The molecule has 21 heavy (non-hydrogen) atoms. The van der Waals surface area contributed by atoms with E-state index in [-0.39, 0.29) is 5.91 Å². The molecule has 2 aromatic rings. The van der Waals surface area contributed by atoms with Gasteiger partial charge in [0, 0.05) is 20.8 Å². The molecule has 0 unspecified atom stereocenters. The molecule has 0 atom stereocenters. The van der Waals surface area contributed by atoms with Crippen molar-refractivity contribution < 1.29 is 4.79 Å². The number of nitrogens with one attached hydrogen (secondary N) is 1. The van der Waals surface area contributed by atoms with Crippen LogP contribution in [0.25, 0.3) is 0 Å². The number of hydrogen-bond donors (Lipinski definition) is 1. The van der Waals surface area contributed by atoms with Crippen molar-refractivity contribution in [2.75, 3.05) is 17.3 Å². The van der Waals surface area contributed by atoms with Crippen LogP contribution in [0.5, 0.6) is 0 Å². The molecule has 0 aliphatic heterocycles. The van der Waals surface area contributed by atoms with Gasteiger partial charge < -0.3 is 5.32 Å². The highest BCUT2D eigenvalue weighted by Crippen LogP contribution is 2.22. The number of benzene rings is 2. The van der Waals surface area contributed by atoms with Gasteiger partial charge in [-0.2, -0.15) is 0 Å². The highest BCUT2D eigenvalue weighted by Gasteiger charge is 2.05. The van der Waals surface area contributed by atoms with Gasteiger partial charge in [0.25, 0.3) is 0 Å². The van der Waals surface area contributed by atoms with E-state index in [9.17, 15) is 4.79 Å². The first-order valence-corrected chi connectivity index (χ1v) is 9.61. The molecule has 110 valence electrons. The van der Waals surface area contributed by atoms with Gasteiger partial charge in [0.05, 0.1) is 5.75 Å². The van der Waals surface area contributed by atoms with E-state index in [0.29, 0.717) is 5.75 Å². The van der Waals surface area contributed by atoms with Gasteiger partial charge in [-0.25, -0.2) is 0 Å². The molecule has 0 aromatic heterocycles. The lowest BCUT2D eigenvalue weighted by Crippen LogP contribution is -2.14. The second kappa shape index (κ2) is 8.51. The number of hydrogen-bond acceptors (Lipinski definition) is 3. The molecule has 0 aliphatic rings. The second-order valence-electron chi connectivity index (χ2n) is 4.36. The molecule has 0 radical (unpaired) electrons. The molecule has 2 rings (SSSR count). The van der Waals surface area contributed by atoms with Crippen molar-refractivity contribution in [3.05, 3.63) is 58.6 Å². The third-order valence-corrected chi connectivity index (χ3v) is 5.28. The summed E-state index contributed by atoms with van der Waals surface area (Å²) in [5.41, 5.74) is 2.06. The van der Waals surface area contributed by atoms with E-state index in [1.54, 1.807) is 23.5 Å². The summed E-state index contributed by atoms with van der Waals surface area (Å²) >= 11 is 6.79. The second-order valence-corrected chi connectivity index (χ2v) is 7.08. The molecule has 5 heteroatoms. The average molecular weight is 382 g/mol. The predicted molar refractivity (Wildman–Crippen MR) is 97.2 cm³/mol. The Hall–Kier alpha value is -0.910. The van der Waals surface area contributed by atoms with E-state index < -0.39 is 0 Å². The maximum Gasteiger partial charge on any atom is 0.234 e. The van der Waals surface area contributed by atoms with Crippen LogP contribution in [0, 0.1) is 0 Å². The number of anilines is 1. The van der Waals surface area contributed by atoms with Crippen molar-refractivity contribution >= 4 is 51.0 Å². The Bertz CT molecular complexity index is 619. The maximum atomic E-state index is 11.9. The molecule has 0 fully saturated rings. The van der Waals surface area contributed by atoms with Gasteiger partial charge in [-0.1, -0.05) is 40.2 Å². The number of rotatable bonds is 6. The quantitative estimate of drug-likeness (QED) is 0.710. The summed E-state index contributed by atoms with van der Waals surface area (Å²) < 4.78 is 1.09. The summed E-state index contributed by atoms with van der Waals surface area (Å²) in [4.78, 5) is 13.1. The smallest absolute Gasteiger partial charge is 0.234 e. The van der Waals surface area contributed by atoms with Gasteiger partial charge in [0.1, 0.15) is 0 Å². The van der Waals surface area contributed by atoms with Crippen LogP contribution >= 0.6 is 39.5 Å². The molecule has 0 bridgehead atoms. The van der Waals surface area contributed by atoms with Crippen molar-refractivity contribution in [3.63, 3.8) is 0 Å². The SMILES string of the molecule is CSc1cccc(NC(=O)CSCc2ccccc2Br)c1. The van der Waals surface area contributed by atoms with Gasteiger partial charge in [-0.3, -0.25) is 4.79 Å². The number of halogens is 1. The first-order chi connectivity index (χ1) is 10.2. The van der Waals surface area contributed by atoms with E-state index in [1.165, 1.54) is 5.56 Å². The summed E-state index contributed by atoms with van der Waals surface area (Å²) in [7, 11) is 0. The summed E-state index contributed by atoms with van der Waals surface area (Å²) in [6.45, 7) is 0. The van der Waals surface area contributed by atoms with E-state index >= 15 is 0 Å². The first-order valence-electron chi connectivity index (χ1n) is 6.44. The van der Waals surface area contributed by atoms with Crippen molar-refractivity contribution in [1.82, 2.24) is 0 Å². The summed E-state index contributed by atoms with van der Waals surface area (Å²) in [6.07, 6.45) is 2.02. The molecule has 0 aliphatic carbocycles. The lowest BCUT2D eigenvalue weighted by molar-refractivity contribution is -0.113. The fraction of sp³-hybridized carbons (Fsp3) is 0.188. The molecule has 1 amide bonds. The van der Waals surface area contributed by atoms with E-state index in [2.05, 4.69) is 27.3 Å². The highest BCUT2D eigenvalue weighted by atomic mass is 79.9. The number of thioether (sulfide) groups is 2. The largest absolute Gasteiger partial charge is 0.325 e. The topological polar surface area (TPSA) is 29.1 Å². The Kier molecular flexibility index (Phi) is 6.67. The van der Waals surface area contributed by atoms with Crippen molar-refractivity contribution in [3.8, 4) is 0 Å². The Morgan fingerprint density at radius 3 is 2.76 bits per heavy atom. The predicted octanol–water partition coefficient (Wildman–Crippen LogP) is 5.04. The molecule has 0 saturated heterocycles. The summed E-state index contributed by atoms with van der Waals surface area (Å²) in [6, 6.07) is 16.0. The normalized spacial score (nSPS) is 10.4. The Balaban J connectivity index is 1.81. The molecule has 0 spiro atoms. The number of carbonyl (C=O) groups is 1. The zero-order valence-corrected chi connectivity index (χ0v) is 14.9. The molecule has 2 nitrogen and oxygen atoms in total. The molecule has 2 aromatic carbocycles. The molecule has 0 saturated carbocycles. The fourth-order valence-corrected chi connectivity index (χ4v) is 3.67. The maximum absolute atomic E-state index is 11.9. The summed E-state index contributed by atoms with van der Waals surface area (Å²) in [5, 5.41) is 2.93. The van der Waals surface area contributed by atoms with Crippen LogP contribution < -0.4 is 5.32 Å². The van der Waals surface area contributed by atoms with Gasteiger partial charge in [-0.15, -0.1) is 23.5 Å². The molecule has 0 heterocycles. The third kappa shape index (κ3) is 5.41. The van der Waals surface area contributed by atoms with E-state index in [0.717, 1.165) is 20.8 Å². The van der Waals surface area contributed by atoms with Crippen LogP contribution in [0.2, 0.25) is 0 Å². The minimum absolute atomic E-state index is 0.0327. The van der Waals surface area contributed by atoms with Gasteiger partial charge >= 0.3 is 0 Å². The van der Waals surface area contributed by atoms with Crippen LogP contribution in [-0.2, 0) is 10.5 Å². The molecular formula is C16H16BrNOS2. The standard InChI is InChI=1S/C16H16BrNOS2/c1-20-14-7-4-6-13(9-14)18-16(19)11-21-10-12-5-2-3-8-15(12)17/h2-9H,10-11H2,1H3,(H,18,19). The van der Waals surface area contributed by atoms with Crippen LogP contribution in [0.3, 0.4) is 0 Å². The van der Waals surface area contributed by atoms with Crippen LogP contribution in [0.4, 0.5) is 5.69 Å². The fourth-order valence-electron chi connectivity index (χ4n) is 1.77. The molecule has 1 N–H and O–H groups in total. The van der Waals surface area contributed by atoms with Gasteiger partial charge in [0.2, 0.25) is 5.91 Å². The zero-order valence-electron chi connectivity index (χ0n) is 11.6. The summed E-state index contributed by atoms with van der Waals surface area (Å²) in [5.74, 6) is 1.30. The lowest BCUT2D eigenvalue weighted by Gasteiger charge is -2.07. The van der Waals surface area contributed by atoms with Gasteiger partial charge in [0.15, 0.2) is 0 Å². The Morgan fingerprint density at radius 1 is 1.19 bits per heavy atom. The molecular weight excluding hydrogens is 366 g/mol. The van der Waals surface area contributed by atoms with Crippen LogP contribution in [0.1, 0.15) is 5.56 Å². The van der Waals surface area contributed by atoms with Gasteiger partial charge in [-0.05, 0) is 36.1 Å².